The summed E-state index contributed by atoms with van der Waals surface area (Å²) in [5.41, 5.74) is 6.60. The maximum absolute atomic E-state index is 13.8. The van der Waals surface area contributed by atoms with Gasteiger partial charge in [0, 0.05) is 31.5 Å². The van der Waals surface area contributed by atoms with E-state index < -0.39 is 0 Å². The molecule has 1 aliphatic rings. The molecular weight excluding hydrogens is 251 g/mol. The number of methoxy groups -OCH3 is 1. The average molecular weight is 268 g/mol. The van der Waals surface area contributed by atoms with Crippen molar-refractivity contribution < 1.29 is 9.13 Å². The van der Waals surface area contributed by atoms with Gasteiger partial charge in [-0.25, -0.2) is 4.39 Å². The second-order valence-corrected chi connectivity index (χ2v) is 4.91. The van der Waals surface area contributed by atoms with Crippen molar-refractivity contribution in [3.63, 3.8) is 0 Å². The Morgan fingerprint density at radius 2 is 2.33 bits per heavy atom. The van der Waals surface area contributed by atoms with E-state index in [0.29, 0.717) is 5.56 Å². The molecule has 0 saturated carbocycles. The highest BCUT2D eigenvalue weighted by Crippen LogP contribution is 2.23. The van der Waals surface area contributed by atoms with Crippen LogP contribution in [0.1, 0.15) is 18.4 Å². The summed E-state index contributed by atoms with van der Waals surface area (Å²) in [6.45, 7) is 1.72. The Bertz CT molecular complexity index is 453. The van der Waals surface area contributed by atoms with Crippen LogP contribution in [0, 0.1) is 5.82 Å². The highest BCUT2D eigenvalue weighted by Gasteiger charge is 2.20. The van der Waals surface area contributed by atoms with Gasteiger partial charge in [-0.3, -0.25) is 0 Å². The molecular formula is C13H17FN2OS. The summed E-state index contributed by atoms with van der Waals surface area (Å²) in [5, 5.41) is 0. The third-order valence-corrected chi connectivity index (χ3v) is 3.51. The van der Waals surface area contributed by atoms with Gasteiger partial charge in [0.05, 0.1) is 6.10 Å². The van der Waals surface area contributed by atoms with Gasteiger partial charge in [-0.1, -0.05) is 12.2 Å². The van der Waals surface area contributed by atoms with E-state index in [9.17, 15) is 4.39 Å². The Kier molecular flexibility index (Phi) is 4.14. The molecule has 3 nitrogen and oxygen atoms in total. The molecule has 0 radical (unpaired) electrons. The van der Waals surface area contributed by atoms with Gasteiger partial charge in [0.1, 0.15) is 10.8 Å². The van der Waals surface area contributed by atoms with E-state index in [-0.39, 0.29) is 16.9 Å². The van der Waals surface area contributed by atoms with Crippen molar-refractivity contribution in [2.45, 2.75) is 18.9 Å². The first-order valence-corrected chi connectivity index (χ1v) is 6.39. The fourth-order valence-electron chi connectivity index (χ4n) is 2.27. The minimum absolute atomic E-state index is 0.0902. The third-order valence-electron chi connectivity index (χ3n) is 3.29. The highest BCUT2D eigenvalue weighted by molar-refractivity contribution is 7.80. The van der Waals surface area contributed by atoms with E-state index in [0.717, 1.165) is 31.6 Å². The van der Waals surface area contributed by atoms with Gasteiger partial charge in [0.15, 0.2) is 0 Å². The molecule has 98 valence electrons. The van der Waals surface area contributed by atoms with Gasteiger partial charge in [-0.15, -0.1) is 0 Å². The van der Waals surface area contributed by atoms with E-state index in [1.807, 2.05) is 6.07 Å². The molecule has 18 heavy (non-hydrogen) atoms. The number of rotatable bonds is 3. The maximum Gasteiger partial charge on any atom is 0.135 e. The first-order chi connectivity index (χ1) is 8.61. The SMILES string of the molecule is COC1CCCN(c2ccc(C(N)=S)c(F)c2)C1. The van der Waals surface area contributed by atoms with Gasteiger partial charge in [0.25, 0.3) is 0 Å². The van der Waals surface area contributed by atoms with E-state index in [1.165, 1.54) is 6.07 Å². The molecule has 5 heteroatoms. The van der Waals surface area contributed by atoms with Crippen LogP contribution in [0.5, 0.6) is 0 Å². The molecule has 0 spiro atoms. The molecule has 1 aromatic carbocycles. The van der Waals surface area contributed by atoms with Gasteiger partial charge in [0.2, 0.25) is 0 Å². The smallest absolute Gasteiger partial charge is 0.135 e. The molecule has 1 unspecified atom stereocenters. The minimum Gasteiger partial charge on any atom is -0.389 e. The van der Waals surface area contributed by atoms with Crippen LogP contribution < -0.4 is 10.6 Å². The second-order valence-electron chi connectivity index (χ2n) is 4.47. The molecule has 1 aliphatic heterocycles. The van der Waals surface area contributed by atoms with Crippen LogP contribution >= 0.6 is 12.2 Å². The number of ether oxygens (including phenoxy) is 1. The second kappa shape index (κ2) is 5.63. The summed E-state index contributed by atoms with van der Waals surface area (Å²) in [6.07, 6.45) is 2.33. The summed E-state index contributed by atoms with van der Waals surface area (Å²) in [5.74, 6) is -0.362. The first-order valence-electron chi connectivity index (χ1n) is 5.99. The Morgan fingerprint density at radius 3 is 2.94 bits per heavy atom. The number of thiocarbonyl (C=S) groups is 1. The van der Waals surface area contributed by atoms with E-state index in [1.54, 1.807) is 13.2 Å². The van der Waals surface area contributed by atoms with Crippen LogP contribution in [-0.4, -0.2) is 31.3 Å². The number of anilines is 1. The van der Waals surface area contributed by atoms with Crippen molar-refractivity contribution in [2.24, 2.45) is 5.73 Å². The molecule has 1 aromatic rings. The molecule has 2 N–H and O–H groups in total. The molecule has 2 rings (SSSR count). The van der Waals surface area contributed by atoms with E-state index in [4.69, 9.17) is 22.7 Å². The normalized spacial score (nSPS) is 19.9. The zero-order valence-electron chi connectivity index (χ0n) is 10.4. The number of hydrogen-bond acceptors (Lipinski definition) is 3. The van der Waals surface area contributed by atoms with Crippen LogP contribution in [0.25, 0.3) is 0 Å². The third kappa shape index (κ3) is 2.79. The van der Waals surface area contributed by atoms with E-state index >= 15 is 0 Å². The first kappa shape index (κ1) is 13.2. The van der Waals surface area contributed by atoms with Crippen molar-refractivity contribution in [1.29, 1.82) is 0 Å². The highest BCUT2D eigenvalue weighted by atomic mass is 32.1. The van der Waals surface area contributed by atoms with Crippen molar-refractivity contribution in [2.75, 3.05) is 25.1 Å². The van der Waals surface area contributed by atoms with E-state index in [2.05, 4.69) is 4.90 Å². The van der Waals surface area contributed by atoms with Gasteiger partial charge in [-0.05, 0) is 31.0 Å². The minimum atomic E-state index is -0.362. The van der Waals surface area contributed by atoms with Crippen molar-refractivity contribution in [3.05, 3.63) is 29.6 Å². The van der Waals surface area contributed by atoms with Gasteiger partial charge < -0.3 is 15.4 Å². The number of nitrogens with two attached hydrogens (primary N) is 1. The van der Waals surface area contributed by atoms with Gasteiger partial charge >= 0.3 is 0 Å². The predicted molar refractivity (Wildman–Crippen MR) is 74.5 cm³/mol. The monoisotopic (exact) mass is 268 g/mol. The summed E-state index contributed by atoms with van der Waals surface area (Å²) >= 11 is 4.79. The summed E-state index contributed by atoms with van der Waals surface area (Å²) in [7, 11) is 1.71. The zero-order valence-corrected chi connectivity index (χ0v) is 11.2. The fourth-order valence-corrected chi connectivity index (χ4v) is 2.43. The summed E-state index contributed by atoms with van der Waals surface area (Å²) in [6, 6.07) is 4.99. The molecule has 0 aromatic heterocycles. The van der Waals surface area contributed by atoms with Crippen molar-refractivity contribution in [3.8, 4) is 0 Å². The Morgan fingerprint density at radius 1 is 1.56 bits per heavy atom. The topological polar surface area (TPSA) is 38.5 Å². The average Bonchev–Trinajstić information content (AvgIpc) is 2.38. The zero-order chi connectivity index (χ0) is 13.1. The molecule has 1 atom stereocenters. The van der Waals surface area contributed by atoms with Crippen LogP contribution in [0.3, 0.4) is 0 Å². The molecule has 1 fully saturated rings. The van der Waals surface area contributed by atoms with Crippen molar-refractivity contribution in [1.82, 2.24) is 0 Å². The lowest BCUT2D eigenvalue weighted by atomic mass is 10.1. The fraction of sp³-hybridized carbons (Fsp3) is 0.462. The van der Waals surface area contributed by atoms with Crippen LogP contribution in [0.15, 0.2) is 18.2 Å². The molecule has 1 saturated heterocycles. The quantitative estimate of drug-likeness (QED) is 0.852. The lowest BCUT2D eigenvalue weighted by molar-refractivity contribution is 0.0893. The van der Waals surface area contributed by atoms with Crippen molar-refractivity contribution >= 4 is 22.9 Å². The standard InChI is InChI=1S/C13H17FN2OS/c1-17-10-3-2-6-16(8-10)9-4-5-11(13(15)18)12(14)7-9/h4-5,7,10H,2-3,6,8H2,1H3,(H2,15,18). The number of halogens is 1. The molecule has 1 heterocycles. The largest absolute Gasteiger partial charge is 0.389 e. The lowest BCUT2D eigenvalue weighted by Gasteiger charge is -2.33. The van der Waals surface area contributed by atoms with Crippen LogP contribution in [-0.2, 0) is 4.74 Å². The maximum atomic E-state index is 13.8. The number of nitrogens with zero attached hydrogens (tertiary/aromatic N) is 1. The number of benzene rings is 1. The number of piperidine rings is 1. The Hall–Kier alpha value is -1.20. The predicted octanol–water partition coefficient (Wildman–Crippen LogP) is 2.08. The molecule has 0 aliphatic carbocycles. The molecule has 0 amide bonds. The Balaban J connectivity index is 2.18. The van der Waals surface area contributed by atoms with Gasteiger partial charge in [-0.2, -0.15) is 0 Å². The summed E-state index contributed by atoms with van der Waals surface area (Å²) < 4.78 is 19.2. The lowest BCUT2D eigenvalue weighted by Crippen LogP contribution is -2.39. The van der Waals surface area contributed by atoms with Crippen LogP contribution in [0.2, 0.25) is 0 Å². The number of hydrogen-bond donors (Lipinski definition) is 1. The Labute approximate surface area is 112 Å². The molecule has 0 bridgehead atoms. The van der Waals surface area contributed by atoms with Crippen LogP contribution in [0.4, 0.5) is 10.1 Å². The summed E-state index contributed by atoms with van der Waals surface area (Å²) in [4.78, 5) is 2.22.